The summed E-state index contributed by atoms with van der Waals surface area (Å²) in [6.07, 6.45) is 0. The minimum Gasteiger partial charge on any atom is -0.354 e. The molecule has 0 heterocycles. The summed E-state index contributed by atoms with van der Waals surface area (Å²) in [4.78, 5) is 22.9. The molecule has 0 radical (unpaired) electrons. The minimum absolute atomic E-state index is 0.133. The summed E-state index contributed by atoms with van der Waals surface area (Å²) < 4.78 is 0. The third-order valence-electron chi connectivity index (χ3n) is 2.61. The third kappa shape index (κ3) is 4.77. The lowest BCUT2D eigenvalue weighted by molar-refractivity contribution is -0.662. The molecule has 1 atom stereocenters. The maximum absolute atomic E-state index is 11.9. The van der Waals surface area contributed by atoms with Gasteiger partial charge in [0.2, 0.25) is 0 Å². The van der Waals surface area contributed by atoms with Crippen molar-refractivity contribution in [2.45, 2.75) is 13.0 Å². The summed E-state index contributed by atoms with van der Waals surface area (Å²) >= 11 is 0. The van der Waals surface area contributed by atoms with E-state index in [-0.39, 0.29) is 24.4 Å². The van der Waals surface area contributed by atoms with Crippen LogP contribution in [0.5, 0.6) is 0 Å². The SMILES string of the molecule is CNC(=O)C[NH2+][C@@H](C)C(=O)Nc1cccc(C#N)c1. The number of anilines is 1. The van der Waals surface area contributed by atoms with Crippen LogP contribution in [0.1, 0.15) is 12.5 Å². The molecule has 4 N–H and O–H groups in total. The predicted octanol–water partition coefficient (Wildman–Crippen LogP) is -0.805. The molecular formula is C13H17N4O2+. The van der Waals surface area contributed by atoms with Crippen LogP contribution >= 0.6 is 0 Å². The highest BCUT2D eigenvalue weighted by Gasteiger charge is 2.17. The van der Waals surface area contributed by atoms with E-state index < -0.39 is 0 Å². The van der Waals surface area contributed by atoms with Gasteiger partial charge in [0.1, 0.15) is 0 Å². The van der Waals surface area contributed by atoms with Crippen LogP contribution in [-0.2, 0) is 9.59 Å². The maximum Gasteiger partial charge on any atom is 0.282 e. The maximum atomic E-state index is 11.9. The van der Waals surface area contributed by atoms with E-state index in [1.807, 2.05) is 6.07 Å². The first-order valence-electron chi connectivity index (χ1n) is 5.91. The number of nitrogens with one attached hydrogen (secondary N) is 2. The van der Waals surface area contributed by atoms with Crippen molar-refractivity contribution in [3.8, 4) is 6.07 Å². The number of likely N-dealkylation sites (N-methyl/N-ethyl adjacent to an activating group) is 1. The molecule has 0 saturated heterocycles. The van der Waals surface area contributed by atoms with E-state index >= 15 is 0 Å². The quantitative estimate of drug-likeness (QED) is 0.646. The van der Waals surface area contributed by atoms with Crippen LogP contribution < -0.4 is 16.0 Å². The first-order chi connectivity index (χ1) is 9.06. The van der Waals surface area contributed by atoms with Crippen molar-refractivity contribution in [3.05, 3.63) is 29.8 Å². The number of benzene rings is 1. The van der Waals surface area contributed by atoms with Crippen molar-refractivity contribution < 1.29 is 14.9 Å². The Morgan fingerprint density at radius 3 is 2.84 bits per heavy atom. The van der Waals surface area contributed by atoms with Gasteiger partial charge in [0.25, 0.3) is 11.8 Å². The Morgan fingerprint density at radius 1 is 1.47 bits per heavy atom. The molecule has 19 heavy (non-hydrogen) atoms. The van der Waals surface area contributed by atoms with E-state index in [9.17, 15) is 9.59 Å². The Labute approximate surface area is 111 Å². The molecule has 1 aromatic rings. The Hall–Kier alpha value is -2.39. The molecule has 100 valence electrons. The number of nitrogens with zero attached hydrogens (tertiary/aromatic N) is 1. The smallest absolute Gasteiger partial charge is 0.282 e. The van der Waals surface area contributed by atoms with Crippen LogP contribution in [0.4, 0.5) is 5.69 Å². The van der Waals surface area contributed by atoms with E-state index in [0.29, 0.717) is 11.3 Å². The number of carbonyl (C=O) groups is 2. The topological polar surface area (TPSA) is 98.6 Å². The zero-order chi connectivity index (χ0) is 14.3. The molecule has 0 fully saturated rings. The van der Waals surface area contributed by atoms with Crippen molar-refractivity contribution in [1.82, 2.24) is 5.32 Å². The fourth-order valence-electron chi connectivity index (χ4n) is 1.42. The van der Waals surface area contributed by atoms with Gasteiger partial charge in [-0.05, 0) is 25.1 Å². The zero-order valence-electron chi connectivity index (χ0n) is 10.9. The number of nitriles is 1. The summed E-state index contributed by atoms with van der Waals surface area (Å²) in [6, 6.07) is 8.30. The van der Waals surface area contributed by atoms with Crippen molar-refractivity contribution in [2.24, 2.45) is 0 Å². The predicted molar refractivity (Wildman–Crippen MR) is 70.1 cm³/mol. The van der Waals surface area contributed by atoms with Crippen molar-refractivity contribution in [1.29, 1.82) is 5.26 Å². The fourth-order valence-corrected chi connectivity index (χ4v) is 1.42. The lowest BCUT2D eigenvalue weighted by Crippen LogP contribution is -2.93. The van der Waals surface area contributed by atoms with Crippen molar-refractivity contribution in [3.63, 3.8) is 0 Å². The zero-order valence-corrected chi connectivity index (χ0v) is 10.9. The van der Waals surface area contributed by atoms with Gasteiger partial charge in [-0.1, -0.05) is 6.07 Å². The second kappa shape index (κ2) is 7.13. The number of hydrogen-bond donors (Lipinski definition) is 3. The average molecular weight is 261 g/mol. The first kappa shape index (κ1) is 14.7. The van der Waals surface area contributed by atoms with Gasteiger partial charge in [-0.25, -0.2) is 0 Å². The lowest BCUT2D eigenvalue weighted by Gasteiger charge is -2.11. The molecule has 6 heteroatoms. The Balaban J connectivity index is 2.54. The Morgan fingerprint density at radius 2 is 2.21 bits per heavy atom. The molecule has 0 aliphatic heterocycles. The first-order valence-corrected chi connectivity index (χ1v) is 5.91. The molecule has 0 aliphatic carbocycles. The van der Waals surface area contributed by atoms with E-state index in [4.69, 9.17) is 5.26 Å². The highest BCUT2D eigenvalue weighted by Crippen LogP contribution is 2.09. The van der Waals surface area contributed by atoms with Gasteiger partial charge in [-0.3, -0.25) is 9.59 Å². The van der Waals surface area contributed by atoms with Crippen LogP contribution in [0.3, 0.4) is 0 Å². The molecule has 1 rings (SSSR count). The van der Waals surface area contributed by atoms with Gasteiger partial charge in [0.05, 0.1) is 11.6 Å². The molecule has 6 nitrogen and oxygen atoms in total. The van der Waals surface area contributed by atoms with Gasteiger partial charge >= 0.3 is 0 Å². The molecule has 2 amide bonds. The van der Waals surface area contributed by atoms with E-state index in [1.54, 1.807) is 43.6 Å². The van der Waals surface area contributed by atoms with Crippen LogP contribution in [0, 0.1) is 11.3 Å². The molecule has 0 unspecified atom stereocenters. The van der Waals surface area contributed by atoms with Crippen LogP contribution in [0.2, 0.25) is 0 Å². The average Bonchev–Trinajstić information content (AvgIpc) is 2.44. The highest BCUT2D eigenvalue weighted by molar-refractivity contribution is 5.93. The molecule has 0 aromatic heterocycles. The van der Waals surface area contributed by atoms with Crippen LogP contribution in [0.25, 0.3) is 0 Å². The van der Waals surface area contributed by atoms with Crippen LogP contribution in [-0.4, -0.2) is 31.4 Å². The highest BCUT2D eigenvalue weighted by atomic mass is 16.2. The standard InChI is InChI=1S/C13H16N4O2/c1-9(16-8-12(18)15-2)13(19)17-11-5-3-4-10(6-11)7-14/h3-6,9,16H,8H2,1-2H3,(H,15,18)(H,17,19)/p+1/t9-/m0/s1. The monoisotopic (exact) mass is 261 g/mol. The lowest BCUT2D eigenvalue weighted by atomic mass is 10.2. The summed E-state index contributed by atoms with van der Waals surface area (Å²) in [5.74, 6) is -0.342. The Kier molecular flexibility index (Phi) is 5.51. The number of hydrogen-bond acceptors (Lipinski definition) is 3. The minimum atomic E-state index is -0.386. The van der Waals surface area contributed by atoms with Gasteiger partial charge in [0, 0.05) is 12.7 Å². The fraction of sp³-hybridized carbons (Fsp3) is 0.308. The van der Waals surface area contributed by atoms with E-state index in [2.05, 4.69) is 10.6 Å². The van der Waals surface area contributed by atoms with Crippen molar-refractivity contribution in [2.75, 3.05) is 18.9 Å². The van der Waals surface area contributed by atoms with Gasteiger partial charge in [0.15, 0.2) is 12.6 Å². The Bertz CT molecular complexity index is 508. The number of amides is 2. The summed E-state index contributed by atoms with van der Waals surface area (Å²) in [7, 11) is 1.55. The van der Waals surface area contributed by atoms with E-state index in [0.717, 1.165) is 0 Å². The second-order valence-electron chi connectivity index (χ2n) is 4.08. The molecule has 1 aromatic carbocycles. The molecule has 0 aliphatic rings. The largest absolute Gasteiger partial charge is 0.354 e. The molecule has 0 saturated carbocycles. The number of nitrogens with two attached hydrogens (primary N) is 1. The number of carbonyl (C=O) groups excluding carboxylic acids is 2. The summed E-state index contributed by atoms with van der Waals surface area (Å²) in [6.45, 7) is 1.91. The van der Waals surface area contributed by atoms with Gasteiger partial charge in [-0.2, -0.15) is 5.26 Å². The summed E-state index contributed by atoms with van der Waals surface area (Å²) in [5, 5.41) is 15.6. The van der Waals surface area contributed by atoms with Crippen molar-refractivity contribution >= 4 is 17.5 Å². The second-order valence-corrected chi connectivity index (χ2v) is 4.08. The molecule has 0 spiro atoms. The normalized spacial score (nSPS) is 11.2. The number of quaternary nitrogens is 1. The summed E-state index contributed by atoms with van der Waals surface area (Å²) in [5.41, 5.74) is 1.06. The van der Waals surface area contributed by atoms with Gasteiger partial charge < -0.3 is 16.0 Å². The van der Waals surface area contributed by atoms with Crippen LogP contribution in [0.15, 0.2) is 24.3 Å². The van der Waals surface area contributed by atoms with Gasteiger partial charge in [-0.15, -0.1) is 0 Å². The molecular weight excluding hydrogens is 244 g/mol. The van der Waals surface area contributed by atoms with E-state index in [1.165, 1.54) is 0 Å². The molecule has 0 bridgehead atoms. The third-order valence-corrected chi connectivity index (χ3v) is 2.61. The number of rotatable bonds is 5.